The molecule has 0 unspecified atom stereocenters. The number of nitrogens with one attached hydrogen (secondary N) is 2. The fourth-order valence-electron chi connectivity index (χ4n) is 4.52. The van der Waals surface area contributed by atoms with Crippen LogP contribution in [0.2, 0.25) is 0 Å². The van der Waals surface area contributed by atoms with Gasteiger partial charge < -0.3 is 10.2 Å². The smallest absolute Gasteiger partial charge is 0.329 e. The number of hydrogen-bond acceptors (Lipinski definition) is 4. The van der Waals surface area contributed by atoms with Crippen LogP contribution in [-0.2, 0) is 0 Å². The lowest BCUT2D eigenvalue weighted by Gasteiger charge is -2.25. The predicted octanol–water partition coefficient (Wildman–Crippen LogP) is 2.30. The Morgan fingerprint density at radius 3 is 2.74 bits per heavy atom. The van der Waals surface area contributed by atoms with E-state index in [2.05, 4.69) is 29.0 Å². The van der Waals surface area contributed by atoms with E-state index in [0.29, 0.717) is 28.7 Å². The third kappa shape index (κ3) is 3.08. The second-order valence-corrected chi connectivity index (χ2v) is 7.93. The SMILES string of the molecule is CCN[C@@H](C)[C@H]1CCN(c2c(F)cc3c(=O)[nH]c(=O)n(C4CC4)c3c2C)C1. The molecule has 2 fully saturated rings. The van der Waals surface area contributed by atoms with E-state index in [1.54, 1.807) is 4.57 Å². The van der Waals surface area contributed by atoms with Crippen LogP contribution in [-0.4, -0.2) is 35.2 Å². The Morgan fingerprint density at radius 1 is 1.33 bits per heavy atom. The van der Waals surface area contributed by atoms with Crippen molar-refractivity contribution in [3.05, 3.63) is 38.3 Å². The molecular formula is C20H27FN4O2. The van der Waals surface area contributed by atoms with Gasteiger partial charge in [-0.1, -0.05) is 6.92 Å². The summed E-state index contributed by atoms with van der Waals surface area (Å²) in [7, 11) is 0. The molecule has 27 heavy (non-hydrogen) atoms. The fraction of sp³-hybridized carbons (Fsp3) is 0.600. The lowest BCUT2D eigenvalue weighted by atomic mass is 10.0. The average Bonchev–Trinajstić information content (AvgIpc) is 3.33. The maximum atomic E-state index is 15.0. The lowest BCUT2D eigenvalue weighted by Crippen LogP contribution is -2.35. The summed E-state index contributed by atoms with van der Waals surface area (Å²) in [5.41, 5.74) is 0.909. The monoisotopic (exact) mass is 374 g/mol. The lowest BCUT2D eigenvalue weighted by molar-refractivity contribution is 0.410. The summed E-state index contributed by atoms with van der Waals surface area (Å²) >= 11 is 0. The van der Waals surface area contributed by atoms with Crippen molar-refractivity contribution >= 4 is 16.6 Å². The molecule has 0 amide bonds. The van der Waals surface area contributed by atoms with E-state index in [0.717, 1.165) is 38.9 Å². The highest BCUT2D eigenvalue weighted by Crippen LogP contribution is 2.39. The highest BCUT2D eigenvalue weighted by molar-refractivity contribution is 5.87. The molecule has 1 saturated heterocycles. The van der Waals surface area contributed by atoms with Gasteiger partial charge in [-0.3, -0.25) is 14.3 Å². The molecule has 2 aromatic rings. The van der Waals surface area contributed by atoms with Gasteiger partial charge in [0.05, 0.1) is 16.6 Å². The molecule has 1 aliphatic heterocycles. The van der Waals surface area contributed by atoms with Crippen molar-refractivity contribution in [1.29, 1.82) is 0 Å². The van der Waals surface area contributed by atoms with Crippen molar-refractivity contribution in [1.82, 2.24) is 14.9 Å². The number of aromatic nitrogens is 2. The van der Waals surface area contributed by atoms with Gasteiger partial charge in [0.2, 0.25) is 0 Å². The first-order valence-electron chi connectivity index (χ1n) is 9.88. The first kappa shape index (κ1) is 18.2. The summed E-state index contributed by atoms with van der Waals surface area (Å²) < 4.78 is 16.7. The van der Waals surface area contributed by atoms with Gasteiger partial charge >= 0.3 is 5.69 Å². The van der Waals surface area contributed by atoms with Crippen LogP contribution in [0.25, 0.3) is 10.9 Å². The molecule has 2 atom stereocenters. The zero-order chi connectivity index (χ0) is 19.3. The highest BCUT2D eigenvalue weighted by Gasteiger charge is 2.32. The molecule has 0 radical (unpaired) electrons. The number of fused-ring (bicyclic) bond motifs is 1. The third-order valence-electron chi connectivity index (χ3n) is 6.07. The van der Waals surface area contributed by atoms with Crippen molar-refractivity contribution in [3.8, 4) is 0 Å². The minimum absolute atomic E-state index is 0.106. The number of aromatic amines is 1. The molecule has 0 bridgehead atoms. The topological polar surface area (TPSA) is 70.1 Å². The van der Waals surface area contributed by atoms with Crippen LogP contribution in [0.5, 0.6) is 0 Å². The van der Waals surface area contributed by atoms with Crippen molar-refractivity contribution in [2.24, 2.45) is 5.92 Å². The zero-order valence-electron chi connectivity index (χ0n) is 16.1. The number of benzene rings is 1. The molecule has 1 aromatic heterocycles. The first-order chi connectivity index (χ1) is 12.9. The van der Waals surface area contributed by atoms with Gasteiger partial charge in [-0.05, 0) is 51.6 Å². The quantitative estimate of drug-likeness (QED) is 0.843. The van der Waals surface area contributed by atoms with Crippen LogP contribution < -0.4 is 21.5 Å². The molecule has 4 rings (SSSR count). The summed E-state index contributed by atoms with van der Waals surface area (Å²) in [6.07, 6.45) is 2.83. The van der Waals surface area contributed by atoms with E-state index in [1.807, 2.05) is 6.92 Å². The van der Waals surface area contributed by atoms with Crippen LogP contribution in [0.4, 0.5) is 10.1 Å². The molecule has 6 nitrogen and oxygen atoms in total. The number of anilines is 1. The van der Waals surface area contributed by atoms with E-state index in [9.17, 15) is 9.59 Å². The van der Waals surface area contributed by atoms with Crippen molar-refractivity contribution in [2.75, 3.05) is 24.5 Å². The van der Waals surface area contributed by atoms with Crippen LogP contribution in [0, 0.1) is 18.7 Å². The molecule has 2 N–H and O–H groups in total. The Morgan fingerprint density at radius 2 is 2.07 bits per heavy atom. The second-order valence-electron chi connectivity index (χ2n) is 7.93. The average molecular weight is 374 g/mol. The summed E-state index contributed by atoms with van der Waals surface area (Å²) in [6, 6.07) is 1.78. The summed E-state index contributed by atoms with van der Waals surface area (Å²) in [6.45, 7) is 8.56. The predicted molar refractivity (Wildman–Crippen MR) is 105 cm³/mol. The molecule has 1 aromatic carbocycles. The van der Waals surface area contributed by atoms with Gasteiger partial charge in [0.1, 0.15) is 5.82 Å². The second kappa shape index (κ2) is 6.78. The highest BCUT2D eigenvalue weighted by atomic mass is 19.1. The van der Waals surface area contributed by atoms with Crippen molar-refractivity contribution in [2.45, 2.75) is 52.1 Å². The minimum Gasteiger partial charge on any atom is -0.369 e. The van der Waals surface area contributed by atoms with E-state index in [4.69, 9.17) is 0 Å². The Labute approximate surface area is 157 Å². The zero-order valence-corrected chi connectivity index (χ0v) is 16.1. The van der Waals surface area contributed by atoms with Gasteiger partial charge in [0.25, 0.3) is 5.56 Å². The summed E-state index contributed by atoms with van der Waals surface area (Å²) in [5.74, 6) is 0.0625. The van der Waals surface area contributed by atoms with Gasteiger partial charge in [-0.15, -0.1) is 0 Å². The van der Waals surface area contributed by atoms with Gasteiger partial charge in [-0.25, -0.2) is 9.18 Å². The maximum absolute atomic E-state index is 15.0. The number of rotatable bonds is 5. The van der Waals surface area contributed by atoms with Gasteiger partial charge in [0, 0.05) is 30.7 Å². The van der Waals surface area contributed by atoms with Crippen LogP contribution >= 0.6 is 0 Å². The Hall–Kier alpha value is -2.15. The van der Waals surface area contributed by atoms with Crippen LogP contribution in [0.15, 0.2) is 15.7 Å². The van der Waals surface area contributed by atoms with Crippen LogP contribution in [0.3, 0.4) is 0 Å². The number of aryl methyl sites for hydroxylation is 1. The number of halogens is 1. The molecule has 7 heteroatoms. The van der Waals surface area contributed by atoms with Crippen molar-refractivity contribution < 1.29 is 4.39 Å². The molecule has 1 saturated carbocycles. The molecule has 2 aliphatic rings. The summed E-state index contributed by atoms with van der Waals surface area (Å²) in [4.78, 5) is 29.1. The Kier molecular flexibility index (Phi) is 4.58. The first-order valence-corrected chi connectivity index (χ1v) is 9.88. The van der Waals surface area contributed by atoms with Gasteiger partial charge in [-0.2, -0.15) is 0 Å². The third-order valence-corrected chi connectivity index (χ3v) is 6.07. The van der Waals surface area contributed by atoms with E-state index < -0.39 is 11.2 Å². The maximum Gasteiger partial charge on any atom is 0.329 e. The molecule has 2 heterocycles. The van der Waals surface area contributed by atoms with E-state index in [-0.39, 0.29) is 17.2 Å². The minimum atomic E-state index is -0.513. The molecular weight excluding hydrogens is 347 g/mol. The number of hydrogen-bond donors (Lipinski definition) is 2. The Balaban J connectivity index is 1.82. The normalized spacial score (nSPS) is 21.2. The van der Waals surface area contributed by atoms with Gasteiger partial charge in [0.15, 0.2) is 0 Å². The Bertz CT molecular complexity index is 992. The van der Waals surface area contributed by atoms with E-state index >= 15 is 4.39 Å². The van der Waals surface area contributed by atoms with Crippen LogP contribution in [0.1, 0.15) is 44.7 Å². The standard InChI is InChI=1S/C20H27FN4O2/c1-4-22-12(3)13-7-8-24(10-13)18-11(2)17-15(9-16(18)21)19(26)23-20(27)25(17)14-5-6-14/h9,12-14,22H,4-8,10H2,1-3H3,(H,23,26,27)/t12-,13-/m0/s1. The van der Waals surface area contributed by atoms with E-state index in [1.165, 1.54) is 6.07 Å². The fourth-order valence-corrected chi connectivity index (χ4v) is 4.52. The molecule has 1 aliphatic carbocycles. The number of H-pyrrole nitrogens is 1. The number of nitrogens with zero attached hydrogens (tertiary/aromatic N) is 2. The van der Waals surface area contributed by atoms with Crippen molar-refractivity contribution in [3.63, 3.8) is 0 Å². The molecule has 0 spiro atoms. The molecule has 146 valence electrons. The summed E-state index contributed by atoms with van der Waals surface area (Å²) in [5, 5.41) is 3.72. The largest absolute Gasteiger partial charge is 0.369 e.